The molecule has 0 aliphatic heterocycles. The van der Waals surface area contributed by atoms with Gasteiger partial charge in [0.2, 0.25) is 0 Å². The van der Waals surface area contributed by atoms with Gasteiger partial charge in [-0.05, 0) is 32.4 Å². The quantitative estimate of drug-likeness (QED) is 0.826. The van der Waals surface area contributed by atoms with Crippen LogP contribution in [0.1, 0.15) is 26.3 Å². The van der Waals surface area contributed by atoms with E-state index in [2.05, 4.69) is 0 Å². The first kappa shape index (κ1) is 14.9. The molecule has 1 heterocycles. The molecule has 0 saturated carbocycles. The lowest BCUT2D eigenvalue weighted by Gasteiger charge is -2.19. The summed E-state index contributed by atoms with van der Waals surface area (Å²) < 4.78 is 6.54. The Labute approximate surface area is 122 Å². The van der Waals surface area contributed by atoms with Crippen molar-refractivity contribution in [2.45, 2.75) is 32.8 Å². The van der Waals surface area contributed by atoms with Crippen LogP contribution in [-0.4, -0.2) is 22.2 Å². The third-order valence-corrected chi connectivity index (χ3v) is 2.91. The van der Waals surface area contributed by atoms with E-state index >= 15 is 0 Å². The molecular formula is C15H19N3O3. The van der Waals surface area contributed by atoms with Crippen LogP contribution in [-0.2, 0) is 16.0 Å². The molecule has 1 aromatic carbocycles. The first-order valence-corrected chi connectivity index (χ1v) is 6.58. The van der Waals surface area contributed by atoms with Crippen LogP contribution >= 0.6 is 0 Å². The van der Waals surface area contributed by atoms with Gasteiger partial charge in [-0.1, -0.05) is 12.1 Å². The molecule has 0 atom stereocenters. The van der Waals surface area contributed by atoms with Crippen LogP contribution in [0.25, 0.3) is 10.9 Å². The van der Waals surface area contributed by atoms with Crippen LogP contribution in [0.2, 0.25) is 0 Å². The van der Waals surface area contributed by atoms with Crippen molar-refractivity contribution in [3.8, 4) is 0 Å². The number of benzene rings is 1. The second-order valence-corrected chi connectivity index (χ2v) is 5.91. The monoisotopic (exact) mass is 289 g/mol. The molecule has 2 rings (SSSR count). The lowest BCUT2D eigenvalue weighted by Crippen LogP contribution is -2.24. The number of carbonyl (C=O) groups excluding carboxylic acids is 2. The van der Waals surface area contributed by atoms with E-state index in [1.165, 1.54) is 10.8 Å². The summed E-state index contributed by atoms with van der Waals surface area (Å²) in [6.45, 7) is 5.44. The number of carbonyl (C=O) groups is 2. The van der Waals surface area contributed by atoms with Gasteiger partial charge in [-0.25, -0.2) is 4.79 Å². The maximum absolute atomic E-state index is 11.8. The number of anilines is 1. The highest BCUT2D eigenvalue weighted by Crippen LogP contribution is 2.24. The van der Waals surface area contributed by atoms with Gasteiger partial charge >= 0.3 is 12.0 Å². The highest BCUT2D eigenvalue weighted by atomic mass is 16.6. The van der Waals surface area contributed by atoms with Gasteiger partial charge in [0.1, 0.15) is 5.60 Å². The predicted octanol–water partition coefficient (Wildman–Crippen LogP) is 2.03. The molecule has 0 radical (unpaired) electrons. The largest absolute Gasteiger partial charge is 0.460 e. The Morgan fingerprint density at radius 1 is 1.29 bits per heavy atom. The van der Waals surface area contributed by atoms with E-state index in [4.69, 9.17) is 16.2 Å². The number of amides is 1. The number of nitrogens with zero attached hydrogens (tertiary/aromatic N) is 1. The lowest BCUT2D eigenvalue weighted by molar-refractivity contribution is -0.153. The number of fused-ring (bicyclic) bond motifs is 1. The molecule has 0 unspecified atom stereocenters. The zero-order chi connectivity index (χ0) is 15.8. The van der Waals surface area contributed by atoms with Crippen molar-refractivity contribution < 1.29 is 14.3 Å². The average molecular weight is 289 g/mol. The van der Waals surface area contributed by atoms with E-state index in [1.807, 2.05) is 20.8 Å². The summed E-state index contributed by atoms with van der Waals surface area (Å²) in [4.78, 5) is 23.2. The summed E-state index contributed by atoms with van der Waals surface area (Å²) in [5.74, 6) is -0.327. The van der Waals surface area contributed by atoms with Gasteiger partial charge in [-0.3, -0.25) is 9.36 Å². The molecule has 112 valence electrons. The Morgan fingerprint density at radius 3 is 2.52 bits per heavy atom. The summed E-state index contributed by atoms with van der Waals surface area (Å²) in [5.41, 5.74) is 12.4. The number of esters is 1. The summed E-state index contributed by atoms with van der Waals surface area (Å²) in [6.07, 6.45) is 1.60. The first-order valence-electron chi connectivity index (χ1n) is 6.58. The fourth-order valence-electron chi connectivity index (χ4n) is 2.14. The van der Waals surface area contributed by atoms with Crippen LogP contribution in [0.3, 0.4) is 0 Å². The van der Waals surface area contributed by atoms with Gasteiger partial charge in [-0.15, -0.1) is 0 Å². The fourth-order valence-corrected chi connectivity index (χ4v) is 2.14. The number of rotatable bonds is 2. The lowest BCUT2D eigenvalue weighted by atomic mass is 10.1. The Kier molecular flexibility index (Phi) is 3.63. The number of hydrogen-bond acceptors (Lipinski definition) is 4. The predicted molar refractivity (Wildman–Crippen MR) is 80.9 cm³/mol. The number of ether oxygens (including phenoxy) is 1. The molecule has 0 saturated heterocycles. The fraction of sp³-hybridized carbons (Fsp3) is 0.333. The Hall–Kier alpha value is -2.50. The van der Waals surface area contributed by atoms with Gasteiger partial charge in [0.15, 0.2) is 0 Å². The molecule has 0 aliphatic rings. The molecule has 2 aromatic rings. The van der Waals surface area contributed by atoms with Crippen LogP contribution in [0.4, 0.5) is 10.5 Å². The minimum Gasteiger partial charge on any atom is -0.460 e. The van der Waals surface area contributed by atoms with Crippen molar-refractivity contribution in [3.05, 3.63) is 30.0 Å². The van der Waals surface area contributed by atoms with Gasteiger partial charge < -0.3 is 16.2 Å². The molecule has 0 spiro atoms. The molecule has 4 N–H and O–H groups in total. The highest BCUT2D eigenvalue weighted by molar-refractivity contribution is 5.99. The van der Waals surface area contributed by atoms with Crippen molar-refractivity contribution in [2.75, 3.05) is 5.73 Å². The molecule has 0 aliphatic carbocycles. The molecule has 0 fully saturated rings. The second-order valence-electron chi connectivity index (χ2n) is 5.91. The van der Waals surface area contributed by atoms with E-state index < -0.39 is 11.6 Å². The SMILES string of the molecule is CC(C)(C)OC(=O)Cc1ccc2c(N)cn(C(N)=O)c2c1. The number of hydrogen-bond donors (Lipinski definition) is 2. The molecule has 1 aromatic heterocycles. The van der Waals surface area contributed by atoms with Crippen molar-refractivity contribution in [1.82, 2.24) is 4.57 Å². The highest BCUT2D eigenvalue weighted by Gasteiger charge is 2.17. The molecule has 21 heavy (non-hydrogen) atoms. The maximum atomic E-state index is 11.8. The third kappa shape index (κ3) is 3.34. The van der Waals surface area contributed by atoms with Gasteiger partial charge in [-0.2, -0.15) is 0 Å². The second kappa shape index (κ2) is 5.12. The Balaban J connectivity index is 2.32. The Bertz CT molecular complexity index is 711. The van der Waals surface area contributed by atoms with Gasteiger partial charge in [0, 0.05) is 11.6 Å². The van der Waals surface area contributed by atoms with Crippen molar-refractivity contribution in [2.24, 2.45) is 5.73 Å². The standard InChI is InChI=1S/C15H19N3O3/c1-15(2,3)21-13(19)7-9-4-5-10-11(16)8-18(14(17)20)12(10)6-9/h4-6,8H,7,16H2,1-3H3,(H2,17,20). The number of primary amides is 1. The molecular weight excluding hydrogens is 270 g/mol. The topological polar surface area (TPSA) is 100 Å². The van der Waals surface area contributed by atoms with E-state index in [9.17, 15) is 9.59 Å². The normalized spacial score (nSPS) is 11.6. The van der Waals surface area contributed by atoms with Crippen LogP contribution in [0.5, 0.6) is 0 Å². The molecule has 6 nitrogen and oxygen atoms in total. The zero-order valence-electron chi connectivity index (χ0n) is 12.3. The van der Waals surface area contributed by atoms with Crippen molar-refractivity contribution in [1.29, 1.82) is 0 Å². The summed E-state index contributed by atoms with van der Waals surface area (Å²) >= 11 is 0. The van der Waals surface area contributed by atoms with E-state index in [1.54, 1.807) is 18.2 Å². The van der Waals surface area contributed by atoms with E-state index in [0.29, 0.717) is 11.2 Å². The molecule has 6 heteroatoms. The van der Waals surface area contributed by atoms with Crippen molar-refractivity contribution >= 4 is 28.6 Å². The molecule has 0 bridgehead atoms. The summed E-state index contributed by atoms with van der Waals surface area (Å²) in [5, 5.41) is 0.724. The Morgan fingerprint density at radius 2 is 1.95 bits per heavy atom. The van der Waals surface area contributed by atoms with Gasteiger partial charge in [0.05, 0.1) is 17.6 Å². The number of nitrogen functional groups attached to an aromatic ring is 1. The van der Waals surface area contributed by atoms with E-state index in [-0.39, 0.29) is 12.4 Å². The number of aromatic nitrogens is 1. The maximum Gasteiger partial charge on any atom is 0.323 e. The van der Waals surface area contributed by atoms with Crippen LogP contribution in [0.15, 0.2) is 24.4 Å². The van der Waals surface area contributed by atoms with Crippen LogP contribution in [0, 0.1) is 0 Å². The molecule has 1 amide bonds. The smallest absolute Gasteiger partial charge is 0.323 e. The first-order chi connectivity index (χ1) is 9.67. The minimum absolute atomic E-state index is 0.122. The van der Waals surface area contributed by atoms with Gasteiger partial charge in [0.25, 0.3) is 0 Å². The summed E-state index contributed by atoms with van der Waals surface area (Å²) in [7, 11) is 0. The summed E-state index contributed by atoms with van der Waals surface area (Å²) in [6, 6.07) is 4.66. The zero-order valence-corrected chi connectivity index (χ0v) is 12.3. The van der Waals surface area contributed by atoms with Crippen molar-refractivity contribution in [3.63, 3.8) is 0 Å². The third-order valence-electron chi connectivity index (χ3n) is 2.91. The minimum atomic E-state index is -0.619. The number of nitrogens with two attached hydrogens (primary N) is 2. The van der Waals surface area contributed by atoms with Crippen LogP contribution < -0.4 is 11.5 Å². The average Bonchev–Trinajstić information content (AvgIpc) is 2.64. The van der Waals surface area contributed by atoms with E-state index in [0.717, 1.165) is 10.9 Å².